The Kier molecular flexibility index (Phi) is 10.1. The molecule has 2 rings (SSSR count). The number of rotatable bonds is 2. The minimum Gasteiger partial charge on any atom is -0.300 e. The van der Waals surface area contributed by atoms with Crippen molar-refractivity contribution in [3.8, 4) is 0 Å². The number of carbonyl (C=O) groups excluding carboxylic acids is 1. The first kappa shape index (κ1) is 23.3. The lowest BCUT2D eigenvalue weighted by Crippen LogP contribution is -2.14. The van der Waals surface area contributed by atoms with E-state index < -0.39 is 0 Å². The average Bonchev–Trinajstić information content (AvgIpc) is 2.78. The van der Waals surface area contributed by atoms with Gasteiger partial charge >= 0.3 is 0 Å². The molecule has 0 saturated carbocycles. The smallest absolute Gasteiger partial charge is 0.270 e. The van der Waals surface area contributed by atoms with Crippen molar-refractivity contribution >= 4 is 16.9 Å². The first-order valence-electron chi connectivity index (χ1n) is 6.32. The molecule has 0 aliphatic rings. The second-order valence-electron chi connectivity index (χ2n) is 4.70. The van der Waals surface area contributed by atoms with Crippen LogP contribution in [-0.2, 0) is 24.6 Å². The minimum absolute atomic E-state index is 0. The van der Waals surface area contributed by atoms with E-state index >= 15 is 0 Å². The molecule has 7 nitrogen and oxygen atoms in total. The van der Waals surface area contributed by atoms with Crippen LogP contribution in [0.5, 0.6) is 0 Å². The van der Waals surface area contributed by atoms with Crippen LogP contribution in [-0.4, -0.2) is 24.7 Å². The molecule has 0 radical (unpaired) electrons. The van der Waals surface area contributed by atoms with E-state index in [4.69, 9.17) is 0 Å². The SMILES string of the molecule is C.C.CC(=O)SCc1c(C)[nH]n(C)c1=O.Cc1cc(=O)n(C)[nH]1. The van der Waals surface area contributed by atoms with Crippen molar-refractivity contribution in [1.29, 1.82) is 0 Å². The minimum atomic E-state index is -0.0498. The van der Waals surface area contributed by atoms with Gasteiger partial charge in [-0.05, 0) is 13.8 Å². The van der Waals surface area contributed by atoms with Gasteiger partial charge in [0.05, 0.1) is 0 Å². The van der Waals surface area contributed by atoms with Crippen molar-refractivity contribution in [1.82, 2.24) is 19.6 Å². The fraction of sp³-hybridized carbons (Fsp3) is 0.533. The van der Waals surface area contributed by atoms with E-state index in [-0.39, 0.29) is 31.1 Å². The molecule has 0 spiro atoms. The fourth-order valence-corrected chi connectivity index (χ4v) is 2.40. The molecular weight excluding hydrogens is 316 g/mol. The van der Waals surface area contributed by atoms with Crippen LogP contribution in [0.4, 0.5) is 0 Å². The van der Waals surface area contributed by atoms with Crippen LogP contribution in [0.15, 0.2) is 15.7 Å². The number of thioether (sulfide) groups is 1. The standard InChI is InChI=1S/C8H12N2O2S.C5H8N2O.2CH4/c1-5-7(4-13-6(2)11)8(12)10(3)9-5;1-4-3-5(8)7(2)6-4;;/h9H,4H2,1-3H3;3,6H,1-2H3;2*1H4. The highest BCUT2D eigenvalue weighted by molar-refractivity contribution is 8.12. The van der Waals surface area contributed by atoms with E-state index in [0.717, 1.165) is 23.1 Å². The molecule has 0 bridgehead atoms. The summed E-state index contributed by atoms with van der Waals surface area (Å²) in [5, 5.41) is 5.72. The Balaban J connectivity index is 0. The molecule has 23 heavy (non-hydrogen) atoms. The molecule has 0 aromatic carbocycles. The van der Waals surface area contributed by atoms with Crippen LogP contribution in [0.25, 0.3) is 0 Å². The summed E-state index contributed by atoms with van der Waals surface area (Å²) in [6, 6.07) is 1.56. The number of aromatic amines is 2. The van der Waals surface area contributed by atoms with Gasteiger partial charge in [-0.15, -0.1) is 0 Å². The number of hydrogen-bond donors (Lipinski definition) is 2. The third kappa shape index (κ3) is 6.77. The predicted molar refractivity (Wildman–Crippen MR) is 97.0 cm³/mol. The highest BCUT2D eigenvalue weighted by Gasteiger charge is 2.09. The van der Waals surface area contributed by atoms with Gasteiger partial charge in [0.15, 0.2) is 5.12 Å². The predicted octanol–water partition coefficient (Wildman–Crippen LogP) is 2.10. The zero-order chi connectivity index (χ0) is 16.2. The van der Waals surface area contributed by atoms with E-state index in [1.54, 1.807) is 20.2 Å². The summed E-state index contributed by atoms with van der Waals surface area (Å²) in [6.07, 6.45) is 0. The van der Waals surface area contributed by atoms with Crippen molar-refractivity contribution < 1.29 is 4.79 Å². The lowest BCUT2D eigenvalue weighted by molar-refractivity contribution is -0.109. The fourth-order valence-electron chi connectivity index (χ4n) is 1.71. The quantitative estimate of drug-likeness (QED) is 0.872. The Morgan fingerprint density at radius 3 is 1.96 bits per heavy atom. The molecule has 0 atom stereocenters. The van der Waals surface area contributed by atoms with E-state index in [0.29, 0.717) is 11.3 Å². The normalized spacial score (nSPS) is 9.26. The summed E-state index contributed by atoms with van der Waals surface area (Å²) in [4.78, 5) is 32.7. The van der Waals surface area contributed by atoms with Crippen LogP contribution in [0.1, 0.15) is 38.7 Å². The van der Waals surface area contributed by atoms with Gasteiger partial charge in [-0.3, -0.25) is 28.8 Å². The summed E-state index contributed by atoms with van der Waals surface area (Å²) in [6.45, 7) is 5.18. The van der Waals surface area contributed by atoms with Crippen molar-refractivity contribution in [3.05, 3.63) is 43.7 Å². The zero-order valence-electron chi connectivity index (χ0n) is 12.8. The van der Waals surface area contributed by atoms with Gasteiger partial charge in [0, 0.05) is 49.8 Å². The molecule has 0 aliphatic heterocycles. The van der Waals surface area contributed by atoms with Crippen molar-refractivity contribution in [2.24, 2.45) is 14.1 Å². The largest absolute Gasteiger partial charge is 0.300 e. The first-order valence-corrected chi connectivity index (χ1v) is 7.31. The van der Waals surface area contributed by atoms with Gasteiger partial charge in [0.2, 0.25) is 0 Å². The maximum atomic E-state index is 11.4. The van der Waals surface area contributed by atoms with Gasteiger partial charge < -0.3 is 5.10 Å². The summed E-state index contributed by atoms with van der Waals surface area (Å²) >= 11 is 1.15. The molecule has 0 saturated heterocycles. The molecule has 132 valence electrons. The zero-order valence-corrected chi connectivity index (χ0v) is 13.6. The van der Waals surface area contributed by atoms with Gasteiger partial charge in [-0.1, -0.05) is 26.6 Å². The number of carbonyl (C=O) groups is 1. The third-order valence-electron chi connectivity index (χ3n) is 2.79. The number of nitrogens with one attached hydrogen (secondary N) is 2. The van der Waals surface area contributed by atoms with Crippen LogP contribution >= 0.6 is 11.8 Å². The number of aryl methyl sites for hydroxylation is 4. The van der Waals surface area contributed by atoms with Gasteiger partial charge in [-0.2, -0.15) is 0 Å². The Morgan fingerprint density at radius 1 is 1.13 bits per heavy atom. The van der Waals surface area contributed by atoms with Crippen LogP contribution in [0.3, 0.4) is 0 Å². The molecule has 2 N–H and O–H groups in total. The second kappa shape index (κ2) is 9.94. The van der Waals surface area contributed by atoms with Gasteiger partial charge in [0.25, 0.3) is 11.1 Å². The third-order valence-corrected chi connectivity index (χ3v) is 3.62. The number of aromatic nitrogens is 4. The maximum Gasteiger partial charge on any atom is 0.270 e. The van der Waals surface area contributed by atoms with Crippen molar-refractivity contribution in [2.75, 3.05) is 0 Å². The van der Waals surface area contributed by atoms with Crippen LogP contribution in [0, 0.1) is 13.8 Å². The molecular formula is C15H28N4O3S. The number of hydrogen-bond acceptors (Lipinski definition) is 4. The number of nitrogens with zero attached hydrogens (tertiary/aromatic N) is 2. The monoisotopic (exact) mass is 344 g/mol. The Hall–Kier alpha value is -1.96. The lowest BCUT2D eigenvalue weighted by Gasteiger charge is -1.93. The summed E-state index contributed by atoms with van der Waals surface area (Å²) < 4.78 is 2.86. The highest BCUT2D eigenvalue weighted by atomic mass is 32.2. The molecule has 2 aromatic rings. The Labute approximate surface area is 141 Å². The molecule has 2 aromatic heterocycles. The van der Waals surface area contributed by atoms with Crippen molar-refractivity contribution in [3.63, 3.8) is 0 Å². The second-order valence-corrected chi connectivity index (χ2v) is 5.85. The van der Waals surface area contributed by atoms with E-state index in [1.807, 2.05) is 13.8 Å². The summed E-state index contributed by atoms with van der Waals surface area (Å²) in [5.74, 6) is 0.456. The Morgan fingerprint density at radius 2 is 1.70 bits per heavy atom. The van der Waals surface area contributed by atoms with E-state index in [9.17, 15) is 14.4 Å². The maximum absolute atomic E-state index is 11.4. The molecule has 0 fully saturated rings. The van der Waals surface area contributed by atoms with E-state index in [1.165, 1.54) is 16.3 Å². The van der Waals surface area contributed by atoms with Gasteiger partial charge in [-0.25, -0.2) is 0 Å². The first-order chi connectivity index (χ1) is 9.72. The highest BCUT2D eigenvalue weighted by Crippen LogP contribution is 2.11. The van der Waals surface area contributed by atoms with Crippen LogP contribution < -0.4 is 11.1 Å². The molecule has 0 aliphatic carbocycles. The molecule has 0 unspecified atom stereocenters. The average molecular weight is 344 g/mol. The molecule has 0 amide bonds. The molecule has 2 heterocycles. The Bertz CT molecular complexity index is 737. The molecule has 8 heteroatoms. The lowest BCUT2D eigenvalue weighted by atomic mass is 10.3. The topological polar surface area (TPSA) is 92.7 Å². The summed E-state index contributed by atoms with van der Waals surface area (Å²) in [7, 11) is 3.35. The van der Waals surface area contributed by atoms with Crippen molar-refractivity contribution in [2.45, 2.75) is 41.4 Å². The van der Waals surface area contributed by atoms with Gasteiger partial charge in [0.1, 0.15) is 0 Å². The summed E-state index contributed by atoms with van der Waals surface area (Å²) in [5.41, 5.74) is 2.38. The number of H-pyrrole nitrogens is 2. The van der Waals surface area contributed by atoms with E-state index in [2.05, 4.69) is 10.2 Å². The van der Waals surface area contributed by atoms with Crippen LogP contribution in [0.2, 0.25) is 0 Å².